The summed E-state index contributed by atoms with van der Waals surface area (Å²) in [6.45, 7) is 5.13. The maximum atomic E-state index is 11.3. The summed E-state index contributed by atoms with van der Waals surface area (Å²) in [6.07, 6.45) is 5.92. The first-order valence-corrected chi connectivity index (χ1v) is 10.4. The summed E-state index contributed by atoms with van der Waals surface area (Å²) in [5.41, 5.74) is 5.80. The van der Waals surface area contributed by atoms with Crippen LogP contribution < -0.4 is 5.48 Å². The van der Waals surface area contributed by atoms with E-state index in [4.69, 9.17) is 10.2 Å². The highest BCUT2D eigenvalue weighted by Gasteiger charge is 2.12. The number of hydroxylamine groups is 1. The Morgan fingerprint density at radius 2 is 1.97 bits per heavy atom. The summed E-state index contributed by atoms with van der Waals surface area (Å²) in [7, 11) is 2.15. The van der Waals surface area contributed by atoms with Gasteiger partial charge in [0.15, 0.2) is 0 Å². The molecule has 0 saturated heterocycles. The van der Waals surface area contributed by atoms with Crippen LogP contribution in [0.1, 0.15) is 30.3 Å². The van der Waals surface area contributed by atoms with Crippen LogP contribution in [0.4, 0.5) is 0 Å². The standard InChI is InChI=1S/C24H30N4O2/c1-3-15-27(2)16-17-28-22-12-9-20(11-14-24(29)26-30)18-21(22)25-23(28)13-10-19-7-5-4-6-8-19/h4-9,11-12,14,18,30H,3,10,13,15-17H2,1-2H3,(H,26,29)/b14-11+. The van der Waals surface area contributed by atoms with E-state index in [1.807, 2.05) is 18.2 Å². The molecule has 1 amide bonds. The maximum Gasteiger partial charge on any atom is 0.267 e. The largest absolute Gasteiger partial charge is 0.327 e. The van der Waals surface area contributed by atoms with Crippen molar-refractivity contribution in [2.75, 3.05) is 20.1 Å². The second-order valence-corrected chi connectivity index (χ2v) is 7.53. The van der Waals surface area contributed by atoms with E-state index in [1.54, 1.807) is 11.6 Å². The number of nitrogens with zero attached hydrogens (tertiary/aromatic N) is 3. The van der Waals surface area contributed by atoms with Gasteiger partial charge < -0.3 is 9.47 Å². The van der Waals surface area contributed by atoms with Crippen LogP contribution in [0, 0.1) is 0 Å². The van der Waals surface area contributed by atoms with Crippen molar-refractivity contribution in [2.45, 2.75) is 32.7 Å². The number of fused-ring (bicyclic) bond motifs is 1. The van der Waals surface area contributed by atoms with E-state index in [2.05, 4.69) is 53.8 Å². The van der Waals surface area contributed by atoms with Crippen LogP contribution in [0.25, 0.3) is 17.1 Å². The van der Waals surface area contributed by atoms with Crippen LogP contribution in [-0.2, 0) is 24.2 Å². The molecular weight excluding hydrogens is 376 g/mol. The highest BCUT2D eigenvalue weighted by Crippen LogP contribution is 2.20. The van der Waals surface area contributed by atoms with Crippen LogP contribution in [0.15, 0.2) is 54.6 Å². The van der Waals surface area contributed by atoms with Gasteiger partial charge in [-0.15, -0.1) is 0 Å². The van der Waals surface area contributed by atoms with Gasteiger partial charge in [0, 0.05) is 25.6 Å². The molecule has 6 heteroatoms. The van der Waals surface area contributed by atoms with Crippen LogP contribution in [0.3, 0.4) is 0 Å². The van der Waals surface area contributed by atoms with Crippen molar-refractivity contribution in [3.63, 3.8) is 0 Å². The molecule has 0 spiro atoms. The number of hydrogen-bond donors (Lipinski definition) is 2. The first-order valence-electron chi connectivity index (χ1n) is 10.4. The van der Waals surface area contributed by atoms with Crippen molar-refractivity contribution in [1.82, 2.24) is 19.9 Å². The van der Waals surface area contributed by atoms with E-state index in [0.717, 1.165) is 61.3 Å². The van der Waals surface area contributed by atoms with Crippen molar-refractivity contribution in [1.29, 1.82) is 0 Å². The SMILES string of the molecule is CCCN(C)CCn1c(CCc2ccccc2)nc2cc(/C=C/C(=O)NO)ccc21. The Kier molecular flexibility index (Phi) is 7.76. The predicted molar refractivity (Wildman–Crippen MR) is 120 cm³/mol. The molecule has 0 saturated carbocycles. The third-order valence-electron chi connectivity index (χ3n) is 5.18. The van der Waals surface area contributed by atoms with Crippen LogP contribution in [0.5, 0.6) is 0 Å². The third-order valence-corrected chi connectivity index (χ3v) is 5.18. The third kappa shape index (κ3) is 5.78. The number of nitrogens with one attached hydrogen (secondary N) is 1. The fourth-order valence-electron chi connectivity index (χ4n) is 3.61. The molecule has 0 radical (unpaired) electrons. The number of rotatable bonds is 10. The van der Waals surface area contributed by atoms with Crippen molar-refractivity contribution in [3.8, 4) is 0 Å². The smallest absolute Gasteiger partial charge is 0.267 e. The molecule has 0 aliphatic heterocycles. The molecule has 3 aromatic rings. The molecule has 2 aromatic carbocycles. The van der Waals surface area contributed by atoms with Gasteiger partial charge >= 0.3 is 0 Å². The summed E-state index contributed by atoms with van der Waals surface area (Å²) in [6, 6.07) is 16.5. The van der Waals surface area contributed by atoms with Crippen LogP contribution in [0.2, 0.25) is 0 Å². The van der Waals surface area contributed by atoms with Gasteiger partial charge in [0.05, 0.1) is 11.0 Å². The Morgan fingerprint density at radius 1 is 1.17 bits per heavy atom. The van der Waals surface area contributed by atoms with Gasteiger partial charge in [-0.2, -0.15) is 0 Å². The van der Waals surface area contributed by atoms with Crippen molar-refractivity contribution in [3.05, 3.63) is 71.6 Å². The van der Waals surface area contributed by atoms with Gasteiger partial charge in [0.2, 0.25) is 0 Å². The minimum Gasteiger partial charge on any atom is -0.327 e. The van der Waals surface area contributed by atoms with Gasteiger partial charge in [-0.25, -0.2) is 10.5 Å². The van der Waals surface area contributed by atoms with E-state index in [9.17, 15) is 4.79 Å². The second kappa shape index (κ2) is 10.7. The number of hydrogen-bond acceptors (Lipinski definition) is 4. The molecule has 0 aliphatic rings. The molecule has 2 N–H and O–H groups in total. The Balaban J connectivity index is 1.87. The van der Waals surface area contributed by atoms with Gasteiger partial charge in [-0.3, -0.25) is 10.0 Å². The van der Waals surface area contributed by atoms with E-state index in [-0.39, 0.29) is 0 Å². The average Bonchev–Trinajstić information content (AvgIpc) is 3.12. The molecule has 1 heterocycles. The van der Waals surface area contributed by atoms with Gasteiger partial charge in [0.1, 0.15) is 5.82 Å². The molecule has 0 aliphatic carbocycles. The zero-order chi connectivity index (χ0) is 21.3. The molecular formula is C24H30N4O2. The van der Waals surface area contributed by atoms with Crippen molar-refractivity contribution in [2.24, 2.45) is 0 Å². The van der Waals surface area contributed by atoms with Crippen LogP contribution >= 0.6 is 0 Å². The van der Waals surface area contributed by atoms with E-state index >= 15 is 0 Å². The Labute approximate surface area is 177 Å². The minimum atomic E-state index is -0.553. The average molecular weight is 407 g/mol. The number of imidazole rings is 1. The number of carbonyl (C=O) groups is 1. The molecule has 1 aromatic heterocycles. The Morgan fingerprint density at radius 3 is 2.70 bits per heavy atom. The summed E-state index contributed by atoms with van der Waals surface area (Å²) in [5.74, 6) is 0.524. The first kappa shape index (κ1) is 21.7. The van der Waals surface area contributed by atoms with Crippen molar-refractivity contribution >= 4 is 23.0 Å². The topological polar surface area (TPSA) is 70.4 Å². The van der Waals surface area contributed by atoms with Gasteiger partial charge in [-0.05, 0) is 55.8 Å². The molecule has 30 heavy (non-hydrogen) atoms. The lowest BCUT2D eigenvalue weighted by Gasteiger charge is -2.17. The van der Waals surface area contributed by atoms with E-state index < -0.39 is 5.91 Å². The van der Waals surface area contributed by atoms with E-state index in [1.165, 1.54) is 11.6 Å². The van der Waals surface area contributed by atoms with Crippen LogP contribution in [-0.4, -0.2) is 45.7 Å². The summed E-state index contributed by atoms with van der Waals surface area (Å²) >= 11 is 0. The quantitative estimate of drug-likeness (QED) is 0.306. The lowest BCUT2D eigenvalue weighted by atomic mass is 10.1. The highest BCUT2D eigenvalue weighted by atomic mass is 16.5. The fraction of sp³-hybridized carbons (Fsp3) is 0.333. The number of aromatic nitrogens is 2. The summed E-state index contributed by atoms with van der Waals surface area (Å²) in [4.78, 5) is 18.5. The highest BCUT2D eigenvalue weighted by molar-refractivity contribution is 5.91. The zero-order valence-corrected chi connectivity index (χ0v) is 17.7. The van der Waals surface area contributed by atoms with Crippen molar-refractivity contribution < 1.29 is 10.0 Å². The number of amides is 1. The molecule has 6 nitrogen and oxygen atoms in total. The number of likely N-dealkylation sites (N-methyl/N-ethyl adjacent to an activating group) is 1. The first-order chi connectivity index (χ1) is 14.6. The lowest BCUT2D eigenvalue weighted by molar-refractivity contribution is -0.124. The second-order valence-electron chi connectivity index (χ2n) is 7.53. The monoisotopic (exact) mass is 406 g/mol. The Hall–Kier alpha value is -2.96. The molecule has 3 rings (SSSR count). The lowest BCUT2D eigenvalue weighted by Crippen LogP contribution is -2.24. The number of aryl methyl sites for hydroxylation is 2. The zero-order valence-electron chi connectivity index (χ0n) is 17.7. The number of carbonyl (C=O) groups excluding carboxylic acids is 1. The number of benzene rings is 2. The minimum absolute atomic E-state index is 0.553. The summed E-state index contributed by atoms with van der Waals surface area (Å²) < 4.78 is 2.32. The molecule has 0 bridgehead atoms. The van der Waals surface area contributed by atoms with Gasteiger partial charge in [-0.1, -0.05) is 43.3 Å². The molecule has 158 valence electrons. The summed E-state index contributed by atoms with van der Waals surface area (Å²) in [5, 5.41) is 8.65. The van der Waals surface area contributed by atoms with Gasteiger partial charge in [0.25, 0.3) is 5.91 Å². The van der Waals surface area contributed by atoms with E-state index in [0.29, 0.717) is 0 Å². The predicted octanol–water partition coefficient (Wildman–Crippen LogP) is 3.68. The molecule has 0 fully saturated rings. The maximum absolute atomic E-state index is 11.3. The molecule has 0 atom stereocenters. The normalized spacial score (nSPS) is 11.6. The Bertz CT molecular complexity index is 995. The molecule has 0 unspecified atom stereocenters. The fourth-order valence-corrected chi connectivity index (χ4v) is 3.61.